The predicted octanol–water partition coefficient (Wildman–Crippen LogP) is 3.51. The lowest BCUT2D eigenvalue weighted by molar-refractivity contribution is 0.0123. The molecule has 0 fully saturated rings. The molecular weight excluding hydrogens is 335 g/mol. The number of oxime groups is 1. The number of aromatic nitrogens is 1. The Bertz CT molecular complexity index is 931. The Morgan fingerprint density at radius 3 is 2.83 bits per heavy atom. The van der Waals surface area contributed by atoms with E-state index in [0.29, 0.717) is 11.0 Å². The molecule has 3 rings (SSSR count). The van der Waals surface area contributed by atoms with Crippen molar-refractivity contribution in [2.45, 2.75) is 37.5 Å². The van der Waals surface area contributed by atoms with Crippen LogP contribution in [0.1, 0.15) is 37.6 Å². The van der Waals surface area contributed by atoms with E-state index in [4.69, 9.17) is 9.36 Å². The Labute approximate surface area is 138 Å². The van der Waals surface area contributed by atoms with E-state index in [9.17, 15) is 12.8 Å². The van der Waals surface area contributed by atoms with E-state index in [1.54, 1.807) is 13.8 Å². The van der Waals surface area contributed by atoms with Crippen LogP contribution in [0.3, 0.4) is 0 Å². The Hall–Kier alpha value is -2.22. The summed E-state index contributed by atoms with van der Waals surface area (Å²) in [5, 5.41) is 6.81. The second-order valence-corrected chi connectivity index (χ2v) is 8.41. The number of allylic oxidation sites excluding steroid dienone is 1. The van der Waals surface area contributed by atoms with Crippen molar-refractivity contribution in [1.29, 1.82) is 0 Å². The zero-order chi connectivity index (χ0) is 17.5. The van der Waals surface area contributed by atoms with Crippen LogP contribution in [0, 0.1) is 5.82 Å². The van der Waals surface area contributed by atoms with Gasteiger partial charge in [-0.05, 0) is 38.5 Å². The molecular formula is C16H17FN2O4S. The van der Waals surface area contributed by atoms with Crippen LogP contribution in [0.25, 0.3) is 11.0 Å². The predicted molar refractivity (Wildman–Crippen MR) is 87.7 cm³/mol. The first-order valence-corrected chi connectivity index (χ1v) is 8.94. The molecule has 128 valence electrons. The average molecular weight is 352 g/mol. The molecule has 0 radical (unpaired) electrons. The first-order valence-electron chi connectivity index (χ1n) is 7.39. The maximum absolute atomic E-state index is 13.6. The number of nitrogens with zero attached hydrogens (tertiary/aromatic N) is 2. The highest BCUT2D eigenvalue weighted by Gasteiger charge is 2.42. The smallest absolute Gasteiger partial charge is 0.204 e. The van der Waals surface area contributed by atoms with Crippen LogP contribution >= 0.6 is 0 Å². The minimum absolute atomic E-state index is 0.0492. The number of hydrogen-bond acceptors (Lipinski definition) is 6. The molecule has 0 amide bonds. The Morgan fingerprint density at radius 1 is 1.46 bits per heavy atom. The van der Waals surface area contributed by atoms with E-state index in [2.05, 4.69) is 16.9 Å². The van der Waals surface area contributed by atoms with Gasteiger partial charge in [0.25, 0.3) is 0 Å². The summed E-state index contributed by atoms with van der Waals surface area (Å²) in [7, 11) is -3.85. The van der Waals surface area contributed by atoms with Gasteiger partial charge in [0, 0.05) is 11.8 Å². The van der Waals surface area contributed by atoms with E-state index in [0.717, 1.165) is 0 Å². The number of rotatable bonds is 4. The topological polar surface area (TPSA) is 81.8 Å². The molecule has 2 heterocycles. The van der Waals surface area contributed by atoms with Crippen molar-refractivity contribution >= 4 is 25.9 Å². The van der Waals surface area contributed by atoms with E-state index >= 15 is 0 Å². The quantitative estimate of drug-likeness (QED) is 0.787. The maximum atomic E-state index is 13.6. The molecule has 2 aromatic rings. The molecule has 0 bridgehead atoms. The standard InChI is InChI=1S/C16H17FN2O4S/c1-4-5-13(24(20,21)14-9-16(2,3)23-18-14)15-11-8-10(17)6-7-12(11)22-19-15/h4,6-8,13H,1,5,9H2,2-3H3. The first-order chi connectivity index (χ1) is 11.2. The third-order valence-electron chi connectivity index (χ3n) is 3.82. The van der Waals surface area contributed by atoms with Gasteiger partial charge in [0.1, 0.15) is 22.4 Å². The Balaban J connectivity index is 2.09. The average Bonchev–Trinajstić information content (AvgIpc) is 3.07. The van der Waals surface area contributed by atoms with Gasteiger partial charge in [0.2, 0.25) is 9.84 Å². The van der Waals surface area contributed by atoms with Gasteiger partial charge >= 0.3 is 0 Å². The second-order valence-electron chi connectivity index (χ2n) is 6.28. The molecule has 0 saturated heterocycles. The first kappa shape index (κ1) is 16.6. The van der Waals surface area contributed by atoms with Gasteiger partial charge < -0.3 is 9.36 Å². The summed E-state index contributed by atoms with van der Waals surface area (Å²) in [6.45, 7) is 7.11. The summed E-state index contributed by atoms with van der Waals surface area (Å²) in [5.41, 5.74) is -0.212. The molecule has 8 heteroatoms. The Morgan fingerprint density at radius 2 is 2.21 bits per heavy atom. The summed E-state index contributed by atoms with van der Waals surface area (Å²) in [5.74, 6) is -0.496. The van der Waals surface area contributed by atoms with Gasteiger partial charge in [0.15, 0.2) is 10.6 Å². The second kappa shape index (κ2) is 5.70. The summed E-state index contributed by atoms with van der Waals surface area (Å²) in [6.07, 6.45) is 1.73. The van der Waals surface area contributed by atoms with Crippen molar-refractivity contribution in [3.8, 4) is 0 Å². The summed E-state index contributed by atoms with van der Waals surface area (Å²) >= 11 is 0. The molecule has 6 nitrogen and oxygen atoms in total. The SMILES string of the molecule is C=CCC(c1noc2ccc(F)cc12)S(=O)(=O)C1=NOC(C)(C)C1. The van der Waals surface area contributed by atoms with E-state index < -0.39 is 26.5 Å². The summed E-state index contributed by atoms with van der Waals surface area (Å²) in [6, 6.07) is 3.85. The fraction of sp³-hybridized carbons (Fsp3) is 0.375. The number of halogens is 1. The molecule has 0 spiro atoms. The molecule has 0 saturated carbocycles. The van der Waals surface area contributed by atoms with Crippen LogP contribution in [0.2, 0.25) is 0 Å². The number of sulfone groups is 1. The van der Waals surface area contributed by atoms with Gasteiger partial charge in [-0.25, -0.2) is 12.8 Å². The summed E-state index contributed by atoms with van der Waals surface area (Å²) < 4.78 is 44.7. The van der Waals surface area contributed by atoms with Gasteiger partial charge in [-0.2, -0.15) is 0 Å². The highest BCUT2D eigenvalue weighted by atomic mass is 32.2. The highest BCUT2D eigenvalue weighted by molar-refractivity contribution is 8.06. The van der Waals surface area contributed by atoms with E-state index in [-0.39, 0.29) is 23.6 Å². The summed E-state index contributed by atoms with van der Waals surface area (Å²) in [4.78, 5) is 5.17. The van der Waals surface area contributed by atoms with Crippen LogP contribution in [0.15, 0.2) is 40.5 Å². The normalized spacial score (nSPS) is 18.2. The molecule has 1 aromatic carbocycles. The molecule has 1 aliphatic heterocycles. The van der Waals surface area contributed by atoms with E-state index in [1.165, 1.54) is 24.3 Å². The monoisotopic (exact) mass is 352 g/mol. The van der Waals surface area contributed by atoms with Gasteiger partial charge in [-0.1, -0.05) is 16.4 Å². The minimum atomic E-state index is -3.85. The van der Waals surface area contributed by atoms with Gasteiger partial charge in [-0.15, -0.1) is 6.58 Å². The van der Waals surface area contributed by atoms with Crippen LogP contribution < -0.4 is 0 Å². The largest absolute Gasteiger partial charge is 0.389 e. The van der Waals surface area contributed by atoms with Crippen molar-refractivity contribution in [2.24, 2.45) is 5.16 Å². The van der Waals surface area contributed by atoms with Crippen molar-refractivity contribution in [3.63, 3.8) is 0 Å². The zero-order valence-electron chi connectivity index (χ0n) is 13.3. The lowest BCUT2D eigenvalue weighted by atomic mass is 10.1. The van der Waals surface area contributed by atoms with Crippen LogP contribution in [0.5, 0.6) is 0 Å². The lowest BCUT2D eigenvalue weighted by Gasteiger charge is -2.15. The molecule has 24 heavy (non-hydrogen) atoms. The van der Waals surface area contributed by atoms with Crippen molar-refractivity contribution in [3.05, 3.63) is 42.4 Å². The molecule has 1 atom stereocenters. The number of fused-ring (bicyclic) bond motifs is 1. The number of benzene rings is 1. The molecule has 1 aromatic heterocycles. The minimum Gasteiger partial charge on any atom is -0.389 e. The zero-order valence-corrected chi connectivity index (χ0v) is 14.1. The fourth-order valence-electron chi connectivity index (χ4n) is 2.62. The van der Waals surface area contributed by atoms with Crippen LogP contribution in [-0.4, -0.2) is 24.2 Å². The van der Waals surface area contributed by atoms with Crippen LogP contribution in [-0.2, 0) is 14.7 Å². The lowest BCUT2D eigenvalue weighted by Crippen LogP contribution is -2.26. The van der Waals surface area contributed by atoms with Crippen molar-refractivity contribution in [1.82, 2.24) is 5.16 Å². The van der Waals surface area contributed by atoms with E-state index in [1.807, 2.05) is 0 Å². The maximum Gasteiger partial charge on any atom is 0.204 e. The number of hydrogen-bond donors (Lipinski definition) is 0. The van der Waals surface area contributed by atoms with Crippen LogP contribution in [0.4, 0.5) is 4.39 Å². The van der Waals surface area contributed by atoms with Crippen molar-refractivity contribution in [2.75, 3.05) is 0 Å². The van der Waals surface area contributed by atoms with Gasteiger partial charge in [-0.3, -0.25) is 0 Å². The molecule has 0 aliphatic carbocycles. The fourth-order valence-corrected chi connectivity index (χ4v) is 4.49. The van der Waals surface area contributed by atoms with Gasteiger partial charge in [0.05, 0.1) is 0 Å². The molecule has 1 unspecified atom stereocenters. The Kier molecular flexibility index (Phi) is 3.95. The highest BCUT2D eigenvalue weighted by Crippen LogP contribution is 2.36. The van der Waals surface area contributed by atoms with Crippen molar-refractivity contribution < 1.29 is 22.2 Å². The molecule has 1 aliphatic rings. The third-order valence-corrected chi connectivity index (χ3v) is 5.86. The molecule has 0 N–H and O–H groups in total. The third kappa shape index (κ3) is 2.82.